The van der Waals surface area contributed by atoms with Crippen molar-refractivity contribution in [1.29, 1.82) is 0 Å². The second-order valence-corrected chi connectivity index (χ2v) is 9.44. The Hall–Kier alpha value is -3.12. The molecule has 2 N–H and O–H groups in total. The predicted molar refractivity (Wildman–Crippen MR) is 130 cm³/mol. The number of aryl methyl sites for hydroxylation is 2. The van der Waals surface area contributed by atoms with Crippen molar-refractivity contribution in [1.82, 2.24) is 20.7 Å². The van der Waals surface area contributed by atoms with Crippen molar-refractivity contribution in [2.75, 3.05) is 6.54 Å². The first-order valence-corrected chi connectivity index (χ1v) is 11.8. The monoisotopic (exact) mass is 446 g/mol. The molecule has 2 aliphatic heterocycles. The molecule has 2 aromatic rings. The highest BCUT2D eigenvalue weighted by atomic mass is 16.2. The fourth-order valence-corrected chi connectivity index (χ4v) is 4.35. The summed E-state index contributed by atoms with van der Waals surface area (Å²) >= 11 is 0. The summed E-state index contributed by atoms with van der Waals surface area (Å²) in [5.41, 5.74) is 9.52. The van der Waals surface area contributed by atoms with E-state index < -0.39 is 0 Å². The number of nitrogens with zero attached hydrogens (tertiary/aromatic N) is 2. The smallest absolute Gasteiger partial charge is 0.250 e. The second-order valence-electron chi connectivity index (χ2n) is 9.44. The third-order valence-electron chi connectivity index (χ3n) is 6.72. The molecule has 2 heterocycles. The van der Waals surface area contributed by atoms with E-state index in [2.05, 4.69) is 80.9 Å². The Morgan fingerprint density at radius 3 is 2.55 bits per heavy atom. The first kappa shape index (κ1) is 23.1. The van der Waals surface area contributed by atoms with Crippen LogP contribution >= 0.6 is 0 Å². The number of hydrogen-bond acceptors (Lipinski definition) is 4. The lowest BCUT2D eigenvalue weighted by molar-refractivity contribution is -0.134. The van der Waals surface area contributed by atoms with Gasteiger partial charge in [-0.2, -0.15) is 0 Å². The zero-order valence-corrected chi connectivity index (χ0v) is 20.0. The maximum atomic E-state index is 13.0. The fraction of sp³-hybridized carbons (Fsp3) is 0.407. The number of rotatable bonds is 7. The van der Waals surface area contributed by atoms with Crippen LogP contribution < -0.4 is 10.7 Å². The second kappa shape index (κ2) is 9.79. The highest BCUT2D eigenvalue weighted by Gasteiger charge is 2.39. The van der Waals surface area contributed by atoms with Gasteiger partial charge >= 0.3 is 0 Å². The molecule has 6 heteroatoms. The Bertz CT molecular complexity index is 1040. The maximum absolute atomic E-state index is 13.0. The van der Waals surface area contributed by atoms with Crippen LogP contribution in [0.1, 0.15) is 66.5 Å². The first-order chi connectivity index (χ1) is 15.8. The van der Waals surface area contributed by atoms with Gasteiger partial charge < -0.3 is 15.2 Å². The van der Waals surface area contributed by atoms with Crippen LogP contribution in [-0.2, 0) is 16.1 Å². The minimum absolute atomic E-state index is 0.0356. The highest BCUT2D eigenvalue weighted by Crippen LogP contribution is 2.31. The molecule has 0 saturated carbocycles. The van der Waals surface area contributed by atoms with Gasteiger partial charge in [-0.25, -0.2) is 5.43 Å². The highest BCUT2D eigenvalue weighted by molar-refractivity contribution is 5.85. The molecule has 0 aliphatic carbocycles. The van der Waals surface area contributed by atoms with Crippen LogP contribution in [0.5, 0.6) is 0 Å². The van der Waals surface area contributed by atoms with Gasteiger partial charge in [0, 0.05) is 31.9 Å². The van der Waals surface area contributed by atoms with E-state index in [-0.39, 0.29) is 30.3 Å². The van der Waals surface area contributed by atoms with Gasteiger partial charge in [0.1, 0.15) is 6.04 Å². The molecular formula is C27H34N4O2. The molecular weight excluding hydrogens is 412 g/mol. The van der Waals surface area contributed by atoms with Gasteiger partial charge in [-0.3, -0.25) is 9.59 Å². The molecule has 33 heavy (non-hydrogen) atoms. The van der Waals surface area contributed by atoms with Crippen LogP contribution in [0.4, 0.5) is 0 Å². The Balaban J connectivity index is 1.27. The molecule has 2 amide bonds. The summed E-state index contributed by atoms with van der Waals surface area (Å²) < 4.78 is 0. The van der Waals surface area contributed by atoms with Crippen molar-refractivity contribution in [2.24, 2.45) is 0 Å². The summed E-state index contributed by atoms with van der Waals surface area (Å²) in [5.74, 6) is 0.476. The zero-order chi connectivity index (χ0) is 23.5. The van der Waals surface area contributed by atoms with Crippen molar-refractivity contribution in [3.05, 3.63) is 82.7 Å². The molecule has 0 bridgehead atoms. The molecule has 0 radical (unpaired) electrons. The first-order valence-electron chi connectivity index (χ1n) is 11.8. The average Bonchev–Trinajstić information content (AvgIpc) is 3.24. The largest absolute Gasteiger partial charge is 0.352 e. The fourth-order valence-electron chi connectivity index (χ4n) is 4.35. The van der Waals surface area contributed by atoms with Gasteiger partial charge in [0.2, 0.25) is 5.91 Å². The number of nitrogens with one attached hydrogen (secondary N) is 2. The molecule has 2 unspecified atom stereocenters. The van der Waals surface area contributed by atoms with Crippen molar-refractivity contribution in [2.45, 2.75) is 65.1 Å². The molecule has 1 saturated heterocycles. The summed E-state index contributed by atoms with van der Waals surface area (Å²) in [7, 11) is 0. The van der Waals surface area contributed by atoms with Crippen LogP contribution in [0.2, 0.25) is 0 Å². The summed E-state index contributed by atoms with van der Waals surface area (Å²) in [5, 5.41) is 4.87. The van der Waals surface area contributed by atoms with E-state index >= 15 is 0 Å². The Labute approximate surface area is 196 Å². The molecule has 6 nitrogen and oxygen atoms in total. The lowest BCUT2D eigenvalue weighted by Gasteiger charge is -2.31. The van der Waals surface area contributed by atoms with Gasteiger partial charge in [0.15, 0.2) is 0 Å². The molecule has 0 spiro atoms. The standard InChI is InChI=1S/C27H34N4O2/c1-18(2)22-9-6-21(7-10-22)17-28-26(32)11-12-30-13-14-31-25(27(30)33)16-24(29-31)23-8-5-19(3)20(4)15-23/h5-10,13-15,18,24-25,29H,11-12,16-17H2,1-4H3,(H,28,32). The summed E-state index contributed by atoms with van der Waals surface area (Å²) in [4.78, 5) is 27.1. The van der Waals surface area contributed by atoms with E-state index in [9.17, 15) is 9.59 Å². The van der Waals surface area contributed by atoms with Crippen molar-refractivity contribution in [3.63, 3.8) is 0 Å². The minimum atomic E-state index is -0.246. The van der Waals surface area contributed by atoms with E-state index in [0.717, 1.165) is 5.56 Å². The lowest BCUT2D eigenvalue weighted by Crippen LogP contribution is -2.48. The van der Waals surface area contributed by atoms with E-state index in [0.29, 0.717) is 25.4 Å². The molecule has 174 valence electrons. The van der Waals surface area contributed by atoms with Gasteiger partial charge in [0.25, 0.3) is 5.91 Å². The zero-order valence-electron chi connectivity index (χ0n) is 20.0. The third-order valence-corrected chi connectivity index (χ3v) is 6.72. The Morgan fingerprint density at radius 1 is 1.09 bits per heavy atom. The Kier molecular flexibility index (Phi) is 6.84. The average molecular weight is 447 g/mol. The van der Waals surface area contributed by atoms with Crippen LogP contribution in [0.15, 0.2) is 54.9 Å². The summed E-state index contributed by atoms with van der Waals surface area (Å²) in [6.45, 7) is 9.42. The number of amides is 2. The Morgan fingerprint density at radius 2 is 1.85 bits per heavy atom. The molecule has 2 aliphatic rings. The van der Waals surface area contributed by atoms with Gasteiger partial charge in [-0.1, -0.05) is 56.3 Å². The van der Waals surface area contributed by atoms with Crippen molar-refractivity contribution in [3.8, 4) is 0 Å². The van der Waals surface area contributed by atoms with E-state index in [1.165, 1.54) is 22.3 Å². The van der Waals surface area contributed by atoms with Crippen LogP contribution in [-0.4, -0.2) is 34.3 Å². The normalized spacial score (nSPS) is 19.8. The van der Waals surface area contributed by atoms with Crippen molar-refractivity contribution < 1.29 is 9.59 Å². The lowest BCUT2D eigenvalue weighted by atomic mass is 9.97. The van der Waals surface area contributed by atoms with Gasteiger partial charge in [0.05, 0.1) is 6.04 Å². The molecule has 2 aromatic carbocycles. The van der Waals surface area contributed by atoms with E-state index in [1.807, 2.05) is 11.2 Å². The molecule has 1 fully saturated rings. The number of fused-ring (bicyclic) bond motifs is 1. The summed E-state index contributed by atoms with van der Waals surface area (Å²) in [6.07, 6.45) is 4.66. The SMILES string of the molecule is Cc1ccc(C2CC3C(=O)N(CCC(=O)NCc4ccc(C(C)C)cc4)C=CN3N2)cc1C. The topological polar surface area (TPSA) is 64.7 Å². The quantitative estimate of drug-likeness (QED) is 0.673. The molecule has 2 atom stereocenters. The van der Waals surface area contributed by atoms with E-state index in [1.54, 1.807) is 11.1 Å². The number of hydrazine groups is 1. The summed E-state index contributed by atoms with van der Waals surface area (Å²) in [6, 6.07) is 14.6. The number of benzene rings is 2. The number of carbonyl (C=O) groups excluding carboxylic acids is 2. The third kappa shape index (κ3) is 5.28. The predicted octanol–water partition coefficient (Wildman–Crippen LogP) is 4.07. The number of hydrogen-bond donors (Lipinski definition) is 2. The van der Waals surface area contributed by atoms with Gasteiger partial charge in [-0.15, -0.1) is 0 Å². The minimum Gasteiger partial charge on any atom is -0.352 e. The maximum Gasteiger partial charge on any atom is 0.250 e. The van der Waals surface area contributed by atoms with Crippen LogP contribution in [0.3, 0.4) is 0 Å². The number of carbonyl (C=O) groups is 2. The van der Waals surface area contributed by atoms with Gasteiger partial charge in [-0.05, 0) is 54.0 Å². The van der Waals surface area contributed by atoms with Crippen LogP contribution in [0.25, 0.3) is 0 Å². The van der Waals surface area contributed by atoms with E-state index in [4.69, 9.17) is 0 Å². The van der Waals surface area contributed by atoms with Crippen molar-refractivity contribution >= 4 is 11.8 Å². The van der Waals surface area contributed by atoms with Crippen LogP contribution in [0, 0.1) is 13.8 Å². The molecule has 4 rings (SSSR count). The molecule has 0 aromatic heterocycles.